The molecule has 20 nitrogen and oxygen atoms in total. The number of carbonyl (C=O) groups is 1. The largest absolute Gasteiger partial charge is 0.504 e. The molecule has 0 saturated carbocycles. The number of phenolic OH excluding ortho intramolecular Hbond substituents is 1. The van der Waals surface area contributed by atoms with Crippen LogP contribution in [0.3, 0.4) is 0 Å². The first-order valence-electron chi connectivity index (χ1n) is 34.4. The number of hydrogen-bond donors (Lipinski definition) is 5. The summed E-state index contributed by atoms with van der Waals surface area (Å²) in [6.07, 6.45) is 7.39. The number of fused-ring (bicyclic) bond motifs is 4. The van der Waals surface area contributed by atoms with E-state index in [4.69, 9.17) is 28.9 Å². The number of ether oxygens (including phenoxy) is 5. The Morgan fingerprint density at radius 1 is 0.355 bits per heavy atom. The zero-order chi connectivity index (χ0) is 73.9. The quantitative estimate of drug-likeness (QED) is 0.0422. The van der Waals surface area contributed by atoms with Crippen LogP contribution in [0, 0.1) is 11.3 Å². The van der Waals surface area contributed by atoms with E-state index in [0.717, 1.165) is 123 Å². The minimum Gasteiger partial charge on any atom is -0.504 e. The van der Waals surface area contributed by atoms with E-state index < -0.39 is 0 Å². The molecule has 0 saturated heterocycles. The Labute approximate surface area is 618 Å². The first kappa shape index (κ1) is 71.1. The van der Waals surface area contributed by atoms with Gasteiger partial charge < -0.3 is 50.1 Å². The highest BCUT2D eigenvalue weighted by Gasteiger charge is 2.13. The summed E-state index contributed by atoms with van der Waals surface area (Å²) in [5, 5.41) is 32.5. The van der Waals surface area contributed by atoms with E-state index in [1.54, 1.807) is 52.7 Å². The SMILES string of the molecule is COC(=O)c1ccc(CNc2cccc(-n3cnc4ccccc43)c2)cc1.COc1cc(CNc2cccc(-n3cnc4ccccc43)c2)ccc1C#N.COc1cc(CNc2cccc(-n3cnc4ccccc43)c2)ccc1O.COc1ccc(CNc2cccc(-n3cnc4ccccc43)c2)cc1OC. The maximum Gasteiger partial charge on any atom is 0.337 e. The van der Waals surface area contributed by atoms with Gasteiger partial charge in [-0.1, -0.05) is 103 Å². The summed E-state index contributed by atoms with van der Waals surface area (Å²) >= 11 is 0. The third kappa shape index (κ3) is 17.3. The number of para-hydroxylation sites is 8. The van der Waals surface area contributed by atoms with E-state index in [1.165, 1.54) is 7.11 Å². The number of aromatic nitrogens is 8. The Balaban J connectivity index is 0.000000126. The summed E-state index contributed by atoms with van der Waals surface area (Å²) in [6, 6.07) is 91.6. The molecule has 20 heteroatoms. The Bertz CT molecular complexity index is 5760. The zero-order valence-electron chi connectivity index (χ0n) is 59.5. The average molecular weight is 1420 g/mol. The van der Waals surface area contributed by atoms with E-state index >= 15 is 0 Å². The Kier molecular flexibility index (Phi) is 22.7. The van der Waals surface area contributed by atoms with Gasteiger partial charge in [-0.2, -0.15) is 5.26 Å². The molecule has 532 valence electrons. The highest BCUT2D eigenvalue weighted by molar-refractivity contribution is 5.89. The van der Waals surface area contributed by atoms with Crippen LogP contribution in [-0.2, 0) is 30.9 Å². The summed E-state index contributed by atoms with van der Waals surface area (Å²) < 4.78 is 34.1. The van der Waals surface area contributed by atoms with Gasteiger partial charge in [0, 0.05) is 71.7 Å². The number of methoxy groups -OCH3 is 5. The van der Waals surface area contributed by atoms with Crippen molar-refractivity contribution in [3.8, 4) is 57.6 Å². The van der Waals surface area contributed by atoms with Crippen LogP contribution in [0.1, 0.15) is 38.2 Å². The van der Waals surface area contributed by atoms with Crippen molar-refractivity contribution in [3.63, 3.8) is 0 Å². The number of esters is 1. The number of imidazole rings is 4. The maximum absolute atomic E-state index is 11.5. The number of hydrogen-bond acceptors (Lipinski definition) is 16. The normalized spacial score (nSPS) is 10.7. The van der Waals surface area contributed by atoms with E-state index in [0.29, 0.717) is 48.8 Å². The summed E-state index contributed by atoms with van der Waals surface area (Å²) in [4.78, 5) is 29.3. The van der Waals surface area contributed by atoms with Gasteiger partial charge >= 0.3 is 5.97 Å². The van der Waals surface area contributed by atoms with Crippen molar-refractivity contribution >= 4 is 72.9 Å². The van der Waals surface area contributed by atoms with Crippen molar-refractivity contribution in [1.82, 2.24) is 38.2 Å². The van der Waals surface area contributed by atoms with Gasteiger partial charge in [-0.25, -0.2) is 24.7 Å². The van der Waals surface area contributed by atoms with Gasteiger partial charge in [-0.05, 0) is 192 Å². The third-order valence-electron chi connectivity index (χ3n) is 17.8. The molecule has 16 rings (SSSR count). The number of nitriles is 1. The number of nitrogens with one attached hydrogen (secondary N) is 4. The van der Waals surface area contributed by atoms with Crippen LogP contribution in [0.15, 0.2) is 298 Å². The van der Waals surface area contributed by atoms with Crippen LogP contribution in [0.25, 0.3) is 66.9 Å². The predicted octanol–water partition coefficient (Wildman–Crippen LogP) is 17.9. The van der Waals surface area contributed by atoms with Gasteiger partial charge in [0.15, 0.2) is 23.0 Å². The number of nitrogens with zero attached hydrogens (tertiary/aromatic N) is 9. The second-order valence-electron chi connectivity index (χ2n) is 24.6. The Morgan fingerprint density at radius 2 is 0.682 bits per heavy atom. The highest BCUT2D eigenvalue weighted by atomic mass is 16.5. The fraction of sp³-hybridized carbons (Fsp3) is 0.103. The van der Waals surface area contributed by atoms with E-state index in [-0.39, 0.29) is 11.7 Å². The highest BCUT2D eigenvalue weighted by Crippen LogP contribution is 2.31. The Hall–Kier alpha value is -14.3. The molecular weight excluding hydrogens is 1340 g/mol. The minimum atomic E-state index is -0.324. The molecule has 4 aromatic heterocycles. The van der Waals surface area contributed by atoms with Crippen LogP contribution in [0.5, 0.6) is 28.7 Å². The van der Waals surface area contributed by atoms with Gasteiger partial charge in [0.05, 0.1) is 90.8 Å². The molecule has 107 heavy (non-hydrogen) atoms. The van der Waals surface area contributed by atoms with E-state index in [9.17, 15) is 9.90 Å². The second-order valence-corrected chi connectivity index (χ2v) is 24.6. The molecule has 0 spiro atoms. The number of phenols is 1. The molecule has 0 aliphatic rings. The number of anilines is 4. The van der Waals surface area contributed by atoms with Gasteiger partial charge in [-0.3, -0.25) is 18.3 Å². The van der Waals surface area contributed by atoms with Gasteiger partial charge in [0.25, 0.3) is 0 Å². The number of rotatable bonds is 21. The third-order valence-corrected chi connectivity index (χ3v) is 17.8. The van der Waals surface area contributed by atoms with Crippen molar-refractivity contribution in [2.75, 3.05) is 56.8 Å². The summed E-state index contributed by atoms with van der Waals surface area (Å²) in [7, 11) is 7.79. The number of aromatic hydroxyl groups is 1. The number of carbonyl (C=O) groups excluding carboxylic acids is 1. The monoisotopic (exact) mass is 1420 g/mol. The van der Waals surface area contributed by atoms with Crippen molar-refractivity contribution in [2.24, 2.45) is 0 Å². The summed E-state index contributed by atoms with van der Waals surface area (Å²) in [6.45, 7) is 2.62. The van der Waals surface area contributed by atoms with Crippen molar-refractivity contribution < 1.29 is 33.6 Å². The van der Waals surface area contributed by atoms with Gasteiger partial charge in [0.2, 0.25) is 0 Å². The second kappa shape index (κ2) is 34.1. The van der Waals surface area contributed by atoms with Crippen molar-refractivity contribution in [1.29, 1.82) is 5.26 Å². The minimum absolute atomic E-state index is 0.144. The molecular formula is C87H77N13O7. The van der Waals surface area contributed by atoms with Gasteiger partial charge in [-0.15, -0.1) is 0 Å². The molecule has 0 radical (unpaired) electrons. The van der Waals surface area contributed by atoms with Crippen LogP contribution >= 0.6 is 0 Å². The standard InChI is InChI=1S/C22H18N4O.C22H21N3O2.C22H19N3O2.C21H19N3O2/c1-27-22-11-16(9-10-17(22)13-23)14-24-18-5-4-6-19(12-18)26-15-25-20-7-2-3-8-21(20)26;1-26-21-11-10-16(12-22(21)27-2)14-23-17-6-5-7-18(13-17)25-15-24-19-8-3-4-9-20(19)25;1-27-22(26)17-11-9-16(10-12-17)14-23-18-5-4-6-19(13-18)25-15-24-20-7-2-3-8-21(20)25;1-26-21-11-15(9-10-20(21)25)13-22-16-5-4-6-17(12-16)24-14-23-18-7-2-3-8-19(18)24/h2-12,15,24H,14H2,1H3;3-13,15,23H,14H2,1-2H3;2-13,15,23H,14H2,1H3;2-12,14,22,25H,13H2,1H3. The van der Waals surface area contributed by atoms with Crippen molar-refractivity contribution in [3.05, 3.63) is 332 Å². The lowest BCUT2D eigenvalue weighted by Crippen LogP contribution is -2.03. The lowest BCUT2D eigenvalue weighted by atomic mass is 10.1. The predicted molar refractivity (Wildman–Crippen MR) is 423 cm³/mol. The smallest absolute Gasteiger partial charge is 0.337 e. The molecule has 0 amide bonds. The van der Waals surface area contributed by atoms with E-state index in [1.807, 2.05) is 195 Å². The van der Waals surface area contributed by atoms with Crippen molar-refractivity contribution in [2.45, 2.75) is 26.2 Å². The van der Waals surface area contributed by atoms with Crippen LogP contribution in [0.4, 0.5) is 22.7 Å². The van der Waals surface area contributed by atoms with Crippen LogP contribution < -0.4 is 40.2 Å². The lowest BCUT2D eigenvalue weighted by Gasteiger charge is -2.12. The molecule has 12 aromatic carbocycles. The molecule has 5 N–H and O–H groups in total. The molecule has 0 aliphatic carbocycles. The topological polar surface area (TPSA) is 227 Å². The Morgan fingerprint density at radius 3 is 1.05 bits per heavy atom. The fourth-order valence-electron chi connectivity index (χ4n) is 12.2. The average Bonchev–Trinajstić information content (AvgIpc) is 1.69. The molecule has 0 bridgehead atoms. The molecule has 0 unspecified atom stereocenters. The van der Waals surface area contributed by atoms with Crippen LogP contribution in [0.2, 0.25) is 0 Å². The lowest BCUT2D eigenvalue weighted by molar-refractivity contribution is 0.0600. The molecule has 16 aromatic rings. The van der Waals surface area contributed by atoms with Gasteiger partial charge in [0.1, 0.15) is 37.1 Å². The first-order chi connectivity index (χ1) is 52.5. The number of benzene rings is 12. The van der Waals surface area contributed by atoms with Crippen LogP contribution in [-0.4, -0.2) is 84.8 Å². The summed E-state index contributed by atoms with van der Waals surface area (Å²) in [5.74, 6) is 2.35. The molecule has 4 heterocycles. The summed E-state index contributed by atoms with van der Waals surface area (Å²) in [5.41, 5.74) is 21.9. The zero-order valence-corrected chi connectivity index (χ0v) is 59.5. The molecule has 0 aliphatic heterocycles. The fourth-order valence-corrected chi connectivity index (χ4v) is 12.2. The van der Waals surface area contributed by atoms with E-state index in [2.05, 4.69) is 144 Å². The molecule has 0 fully saturated rings. The molecule has 0 atom stereocenters. The first-order valence-corrected chi connectivity index (χ1v) is 34.4. The maximum atomic E-state index is 11.5.